The van der Waals surface area contributed by atoms with Gasteiger partial charge in [-0.1, -0.05) is 12.2 Å². The number of amides is 4. The fourth-order valence-corrected chi connectivity index (χ4v) is 8.38. The van der Waals surface area contributed by atoms with E-state index in [2.05, 4.69) is 45.8 Å². The molecule has 0 spiro atoms. The molecule has 194 valence electrons. The van der Waals surface area contributed by atoms with Crippen molar-refractivity contribution >= 4 is 23.6 Å². The van der Waals surface area contributed by atoms with Crippen molar-refractivity contribution in [1.29, 1.82) is 0 Å². The third-order valence-corrected chi connectivity index (χ3v) is 10.4. The van der Waals surface area contributed by atoms with Gasteiger partial charge in [0.05, 0.1) is 37.0 Å². The van der Waals surface area contributed by atoms with E-state index in [1.165, 1.54) is 9.80 Å². The number of likely N-dealkylation sites (N-methyl/N-ethyl adjacent to an activating group) is 2. The number of likely N-dealkylation sites (tertiary alicyclic amines) is 2. The van der Waals surface area contributed by atoms with Crippen LogP contribution >= 0.6 is 0 Å². The first-order chi connectivity index (χ1) is 17.3. The van der Waals surface area contributed by atoms with Crippen LogP contribution in [-0.4, -0.2) is 133 Å². The minimum Gasteiger partial charge on any atom is -0.304 e. The number of imide groups is 2. The average Bonchev–Trinajstić information content (AvgIpc) is 3.22. The third-order valence-electron chi connectivity index (χ3n) is 10.4. The maximum absolute atomic E-state index is 13.6. The van der Waals surface area contributed by atoms with Crippen LogP contribution in [0.1, 0.15) is 0 Å². The molecule has 8 atom stereocenters. The van der Waals surface area contributed by atoms with Gasteiger partial charge in [-0.15, -0.1) is 0 Å². The number of allylic oxidation sites excluding steroid dienone is 2. The van der Waals surface area contributed by atoms with Crippen LogP contribution in [0.3, 0.4) is 0 Å². The summed E-state index contributed by atoms with van der Waals surface area (Å²) in [4.78, 5) is 66.1. The summed E-state index contributed by atoms with van der Waals surface area (Å²) in [5.74, 6) is -1.93. The summed E-state index contributed by atoms with van der Waals surface area (Å²) in [6.07, 6.45) is 4.18. The molecule has 4 aliphatic heterocycles. The number of nitrogens with zero attached hydrogens (tertiary/aromatic N) is 6. The summed E-state index contributed by atoms with van der Waals surface area (Å²) >= 11 is 0. The molecule has 10 nitrogen and oxygen atoms in total. The summed E-state index contributed by atoms with van der Waals surface area (Å²) < 4.78 is 0. The van der Waals surface area contributed by atoms with Crippen LogP contribution in [0.15, 0.2) is 12.2 Å². The van der Waals surface area contributed by atoms with Gasteiger partial charge in [0, 0.05) is 52.4 Å². The van der Waals surface area contributed by atoms with Crippen LogP contribution in [0.25, 0.3) is 0 Å². The molecule has 0 aromatic carbocycles. The van der Waals surface area contributed by atoms with Gasteiger partial charge in [0.15, 0.2) is 0 Å². The van der Waals surface area contributed by atoms with Gasteiger partial charge >= 0.3 is 0 Å². The van der Waals surface area contributed by atoms with E-state index >= 15 is 0 Å². The maximum atomic E-state index is 13.6. The summed E-state index contributed by atoms with van der Waals surface area (Å²) in [6, 6.07) is 0. The van der Waals surface area contributed by atoms with E-state index in [1.54, 1.807) is 0 Å². The lowest BCUT2D eigenvalue weighted by Gasteiger charge is -2.60. The van der Waals surface area contributed by atoms with Crippen LogP contribution in [0, 0.1) is 47.3 Å². The van der Waals surface area contributed by atoms with Crippen molar-refractivity contribution in [3.05, 3.63) is 12.2 Å². The zero-order chi connectivity index (χ0) is 24.9. The van der Waals surface area contributed by atoms with Gasteiger partial charge in [-0.05, 0) is 37.8 Å². The lowest BCUT2D eigenvalue weighted by molar-refractivity contribution is -0.166. The molecule has 0 radical (unpaired) electrons. The molecule has 0 N–H and O–H groups in total. The van der Waals surface area contributed by atoms with Gasteiger partial charge in [-0.3, -0.25) is 38.8 Å². The Morgan fingerprint density at radius 1 is 0.556 bits per heavy atom. The second kappa shape index (κ2) is 8.18. The Morgan fingerprint density at radius 2 is 0.889 bits per heavy atom. The number of rotatable bonds is 4. The molecule has 0 aromatic rings. The number of hydrogen-bond donors (Lipinski definition) is 0. The van der Waals surface area contributed by atoms with E-state index in [0.29, 0.717) is 13.3 Å². The molecule has 4 amide bonds. The van der Waals surface area contributed by atoms with Crippen molar-refractivity contribution in [3.8, 4) is 0 Å². The lowest BCUT2D eigenvalue weighted by atomic mass is 9.40. The highest BCUT2D eigenvalue weighted by molar-refractivity contribution is 6.09. The summed E-state index contributed by atoms with van der Waals surface area (Å²) in [5, 5.41) is 0. The van der Waals surface area contributed by atoms with E-state index < -0.39 is 0 Å². The highest BCUT2D eigenvalue weighted by Gasteiger charge is 2.75. The topological polar surface area (TPSA) is 87.7 Å². The minimum atomic E-state index is -0.378. The van der Waals surface area contributed by atoms with Crippen LogP contribution in [-0.2, 0) is 19.2 Å². The standard InChI is InChI=1S/C26H36N6O4/c1-27-5-9-29(10-6-27)13-31-23(33)19-15-3-4-16(20(19)24(31)34)18-17(15)21-22(18)26(36)32(25(21)35)14-30-11-7-28(2)8-12-30/h3-4,15-22H,5-14H2,1-2H3/t15-,16-,17-,18-,19-,20+,21-,22-/m1/s1. The summed E-state index contributed by atoms with van der Waals surface area (Å²) in [5.41, 5.74) is 0. The molecule has 2 bridgehead atoms. The zero-order valence-corrected chi connectivity index (χ0v) is 21.2. The van der Waals surface area contributed by atoms with E-state index in [0.717, 1.165) is 52.4 Å². The molecule has 2 saturated carbocycles. The lowest BCUT2D eigenvalue weighted by Crippen LogP contribution is -2.63. The summed E-state index contributed by atoms with van der Waals surface area (Å²) in [7, 11) is 4.17. The monoisotopic (exact) mass is 496 g/mol. The number of carbonyl (C=O) groups is 4. The normalized spacial score (nSPS) is 43.3. The second-order valence-corrected chi connectivity index (χ2v) is 12.1. The highest BCUT2D eigenvalue weighted by Crippen LogP contribution is 2.68. The van der Waals surface area contributed by atoms with Crippen LogP contribution in [0.4, 0.5) is 0 Å². The molecule has 8 rings (SSSR count). The van der Waals surface area contributed by atoms with E-state index in [-0.39, 0.29) is 71.0 Å². The Hall–Kier alpha value is -2.14. The minimum absolute atomic E-state index is 0.000487. The fraction of sp³-hybridized carbons (Fsp3) is 0.769. The predicted molar refractivity (Wildman–Crippen MR) is 129 cm³/mol. The Kier molecular flexibility index (Phi) is 5.23. The van der Waals surface area contributed by atoms with Gasteiger partial charge in [0.2, 0.25) is 23.6 Å². The smallest absolute Gasteiger partial charge is 0.234 e. The molecule has 6 fully saturated rings. The molecule has 36 heavy (non-hydrogen) atoms. The zero-order valence-electron chi connectivity index (χ0n) is 21.2. The molecule has 4 aliphatic carbocycles. The number of fused-ring (bicyclic) bond motifs is 1. The molecule has 4 saturated heterocycles. The van der Waals surface area contributed by atoms with Crippen molar-refractivity contribution in [2.24, 2.45) is 47.3 Å². The number of piperazine rings is 2. The van der Waals surface area contributed by atoms with Crippen molar-refractivity contribution in [2.45, 2.75) is 0 Å². The van der Waals surface area contributed by atoms with Gasteiger partial charge in [0.1, 0.15) is 0 Å². The predicted octanol–water partition coefficient (Wildman–Crippen LogP) is -1.34. The fourth-order valence-electron chi connectivity index (χ4n) is 8.38. The maximum Gasteiger partial charge on any atom is 0.234 e. The number of hydrogen-bond acceptors (Lipinski definition) is 8. The van der Waals surface area contributed by atoms with Crippen molar-refractivity contribution < 1.29 is 19.2 Å². The van der Waals surface area contributed by atoms with Crippen LogP contribution in [0.5, 0.6) is 0 Å². The van der Waals surface area contributed by atoms with Gasteiger partial charge in [0.25, 0.3) is 0 Å². The van der Waals surface area contributed by atoms with Gasteiger partial charge in [-0.25, -0.2) is 0 Å². The molecule has 0 aromatic heterocycles. The Balaban J connectivity index is 1.10. The molecule has 8 aliphatic rings. The molecule has 0 unspecified atom stereocenters. The highest BCUT2D eigenvalue weighted by atomic mass is 16.2. The van der Waals surface area contributed by atoms with Crippen molar-refractivity contribution in [2.75, 3.05) is 79.8 Å². The summed E-state index contributed by atoms with van der Waals surface area (Å²) in [6.45, 7) is 7.82. The van der Waals surface area contributed by atoms with Gasteiger partial charge < -0.3 is 9.80 Å². The SMILES string of the molecule is CN1CCN(CN2C(=O)[C@@H]3[C@@H]4C=C[C@@H]([C@@H]3C2=O)[C@H]2[C@H]3C(=O)N(CN5CCN(C)CC5)C(=O)[C@@H]3[C@H]42)CC1. The Bertz CT molecular complexity index is 975. The van der Waals surface area contributed by atoms with Crippen molar-refractivity contribution in [3.63, 3.8) is 0 Å². The van der Waals surface area contributed by atoms with Crippen LogP contribution in [0.2, 0.25) is 0 Å². The van der Waals surface area contributed by atoms with E-state index in [9.17, 15) is 19.2 Å². The molecule has 10 heteroatoms. The second-order valence-electron chi connectivity index (χ2n) is 12.1. The first-order valence-electron chi connectivity index (χ1n) is 13.6. The van der Waals surface area contributed by atoms with E-state index in [1.807, 2.05) is 0 Å². The van der Waals surface area contributed by atoms with E-state index in [4.69, 9.17) is 0 Å². The first kappa shape index (κ1) is 23.0. The Morgan fingerprint density at radius 3 is 1.25 bits per heavy atom. The van der Waals surface area contributed by atoms with Crippen LogP contribution < -0.4 is 0 Å². The number of carbonyl (C=O) groups excluding carboxylic acids is 4. The quantitative estimate of drug-likeness (QED) is 0.349. The largest absolute Gasteiger partial charge is 0.304 e. The first-order valence-corrected chi connectivity index (χ1v) is 13.6. The Labute approximate surface area is 211 Å². The molecular weight excluding hydrogens is 460 g/mol. The molecular formula is C26H36N6O4. The van der Waals surface area contributed by atoms with Gasteiger partial charge in [-0.2, -0.15) is 0 Å². The van der Waals surface area contributed by atoms with Crippen molar-refractivity contribution in [1.82, 2.24) is 29.4 Å². The third kappa shape index (κ3) is 3.10. The molecule has 4 heterocycles. The average molecular weight is 497 g/mol.